The fourth-order valence-corrected chi connectivity index (χ4v) is 3.55. The van der Waals surface area contributed by atoms with E-state index >= 15 is 0 Å². The monoisotopic (exact) mass is 292 g/mol. The van der Waals surface area contributed by atoms with Gasteiger partial charge in [-0.15, -0.1) is 11.3 Å². The highest BCUT2D eigenvalue weighted by molar-refractivity contribution is 7.21. The van der Waals surface area contributed by atoms with E-state index in [1.807, 2.05) is 38.1 Å². The van der Waals surface area contributed by atoms with Gasteiger partial charge in [-0.05, 0) is 19.4 Å². The van der Waals surface area contributed by atoms with E-state index in [1.165, 1.54) is 0 Å². The maximum absolute atomic E-state index is 12.0. The number of benzene rings is 1. The molecule has 0 saturated heterocycles. The molecule has 1 amide bonds. The second-order valence-corrected chi connectivity index (χ2v) is 6.21. The molecule has 0 bridgehead atoms. The smallest absolute Gasteiger partial charge is 0.253 e. The van der Waals surface area contributed by atoms with Crippen molar-refractivity contribution in [3.63, 3.8) is 0 Å². The van der Waals surface area contributed by atoms with Crippen LogP contribution in [-0.2, 0) is 4.79 Å². The first kappa shape index (κ1) is 12.6. The average Bonchev–Trinajstić information content (AvgIpc) is 2.90. The number of halogens is 1. The molecule has 0 saturated carbocycles. The molecular weight excluding hydrogens is 280 g/mol. The van der Waals surface area contributed by atoms with Crippen LogP contribution in [-0.4, -0.2) is 17.3 Å². The zero-order chi connectivity index (χ0) is 13.6. The van der Waals surface area contributed by atoms with Gasteiger partial charge in [-0.3, -0.25) is 9.79 Å². The zero-order valence-electron chi connectivity index (χ0n) is 10.7. The first-order chi connectivity index (χ1) is 9.05. The van der Waals surface area contributed by atoms with Crippen molar-refractivity contribution in [2.45, 2.75) is 25.8 Å². The Kier molecular flexibility index (Phi) is 2.87. The van der Waals surface area contributed by atoms with Gasteiger partial charge >= 0.3 is 0 Å². The number of hydrogen-bond acceptors (Lipinski definition) is 3. The number of thiophene rings is 1. The first-order valence-corrected chi connectivity index (χ1v) is 7.33. The summed E-state index contributed by atoms with van der Waals surface area (Å²) < 4.78 is 1.10. The molecule has 1 aliphatic rings. The Labute approximate surface area is 120 Å². The van der Waals surface area contributed by atoms with Crippen LogP contribution in [0.3, 0.4) is 0 Å². The summed E-state index contributed by atoms with van der Waals surface area (Å²) >= 11 is 7.96. The van der Waals surface area contributed by atoms with E-state index < -0.39 is 5.54 Å². The van der Waals surface area contributed by atoms with Crippen molar-refractivity contribution in [1.82, 2.24) is 5.32 Å². The molecule has 1 N–H and O–H groups in total. The molecule has 3 nitrogen and oxygen atoms in total. The second kappa shape index (κ2) is 4.32. The van der Waals surface area contributed by atoms with Crippen molar-refractivity contribution in [3.8, 4) is 0 Å². The lowest BCUT2D eigenvalue weighted by molar-refractivity contribution is -0.123. The van der Waals surface area contributed by atoms with Crippen molar-refractivity contribution in [1.29, 1.82) is 0 Å². The number of nitrogens with one attached hydrogen (secondary N) is 1. The number of fused-ring (bicyclic) bond motifs is 1. The minimum Gasteiger partial charge on any atom is -0.308 e. The van der Waals surface area contributed by atoms with Gasteiger partial charge in [-0.1, -0.05) is 36.7 Å². The number of hydrogen-bond donors (Lipinski definition) is 1. The highest BCUT2D eigenvalue weighted by Gasteiger charge is 2.38. The number of carbonyl (C=O) groups is 1. The molecule has 0 radical (unpaired) electrons. The van der Waals surface area contributed by atoms with Crippen LogP contribution in [0.5, 0.6) is 0 Å². The highest BCUT2D eigenvalue weighted by atomic mass is 35.5. The summed E-state index contributed by atoms with van der Waals surface area (Å²) in [6.07, 6.45) is 0.671. The van der Waals surface area contributed by atoms with Gasteiger partial charge in [0.1, 0.15) is 11.4 Å². The second-order valence-electron chi connectivity index (χ2n) is 4.78. The van der Waals surface area contributed by atoms with E-state index in [4.69, 9.17) is 11.6 Å². The third-order valence-corrected chi connectivity index (χ3v) is 5.20. The minimum absolute atomic E-state index is 0.0569. The highest BCUT2D eigenvalue weighted by Crippen LogP contribution is 2.36. The van der Waals surface area contributed by atoms with Gasteiger partial charge < -0.3 is 5.32 Å². The van der Waals surface area contributed by atoms with Crippen molar-refractivity contribution >= 4 is 44.8 Å². The summed E-state index contributed by atoms with van der Waals surface area (Å²) in [6.45, 7) is 3.80. The normalized spacial score (nSPS) is 22.7. The summed E-state index contributed by atoms with van der Waals surface area (Å²) in [5.74, 6) is 0.541. The topological polar surface area (TPSA) is 41.5 Å². The van der Waals surface area contributed by atoms with E-state index in [1.54, 1.807) is 11.3 Å². The minimum atomic E-state index is -0.672. The molecule has 98 valence electrons. The first-order valence-electron chi connectivity index (χ1n) is 6.14. The number of nitrogens with zero attached hydrogens (tertiary/aromatic N) is 1. The van der Waals surface area contributed by atoms with Crippen LogP contribution in [0.2, 0.25) is 5.02 Å². The number of carbonyl (C=O) groups excluding carboxylic acids is 1. The van der Waals surface area contributed by atoms with Crippen LogP contribution in [0.15, 0.2) is 29.3 Å². The van der Waals surface area contributed by atoms with Crippen LogP contribution in [0.4, 0.5) is 0 Å². The number of amides is 1. The lowest BCUT2D eigenvalue weighted by Crippen LogP contribution is -2.36. The van der Waals surface area contributed by atoms with Crippen LogP contribution in [0, 0.1) is 0 Å². The quantitative estimate of drug-likeness (QED) is 0.903. The van der Waals surface area contributed by atoms with Crippen molar-refractivity contribution < 1.29 is 4.79 Å². The largest absolute Gasteiger partial charge is 0.308 e. The van der Waals surface area contributed by atoms with Gasteiger partial charge in [0.05, 0.1) is 9.90 Å². The van der Waals surface area contributed by atoms with Gasteiger partial charge in [0.15, 0.2) is 0 Å². The van der Waals surface area contributed by atoms with Gasteiger partial charge in [0.25, 0.3) is 5.91 Å². The van der Waals surface area contributed by atoms with Gasteiger partial charge in [0, 0.05) is 10.1 Å². The molecule has 3 rings (SSSR count). The lowest BCUT2D eigenvalue weighted by atomic mass is 10.0. The van der Waals surface area contributed by atoms with Gasteiger partial charge in [-0.25, -0.2) is 0 Å². The van der Waals surface area contributed by atoms with Crippen molar-refractivity contribution in [2.75, 3.05) is 0 Å². The molecular formula is C14H13ClN2OS. The molecule has 5 heteroatoms. The third kappa shape index (κ3) is 1.86. The lowest BCUT2D eigenvalue weighted by Gasteiger charge is -2.13. The average molecular weight is 293 g/mol. The van der Waals surface area contributed by atoms with E-state index in [0.29, 0.717) is 17.3 Å². The van der Waals surface area contributed by atoms with E-state index in [-0.39, 0.29) is 5.91 Å². The number of rotatable bonds is 2. The zero-order valence-corrected chi connectivity index (χ0v) is 12.2. The maximum Gasteiger partial charge on any atom is 0.253 e. The molecule has 0 fully saturated rings. The van der Waals surface area contributed by atoms with Crippen LogP contribution in [0.25, 0.3) is 10.1 Å². The molecule has 1 aromatic heterocycles. The number of amidine groups is 1. The Morgan fingerprint density at radius 1 is 1.42 bits per heavy atom. The SMILES string of the molecule is CCC1(C)N=C(c2sc3ccccc3c2Cl)NC1=O. The van der Waals surface area contributed by atoms with Crippen LogP contribution in [0.1, 0.15) is 25.1 Å². The fraction of sp³-hybridized carbons (Fsp3) is 0.286. The van der Waals surface area contributed by atoms with Crippen LogP contribution < -0.4 is 5.32 Å². The molecule has 1 aliphatic heterocycles. The molecule has 2 aromatic rings. The summed E-state index contributed by atoms with van der Waals surface area (Å²) in [6, 6.07) is 7.93. The standard InChI is InChI=1S/C14H13ClN2OS/c1-3-14(2)13(18)16-12(17-14)11-10(15)8-6-4-5-7-9(8)19-11/h4-7H,3H2,1-2H3,(H,16,17,18). The summed E-state index contributed by atoms with van der Waals surface area (Å²) in [5.41, 5.74) is -0.672. The van der Waals surface area contributed by atoms with E-state index in [0.717, 1.165) is 15.0 Å². The van der Waals surface area contributed by atoms with Crippen molar-refractivity contribution in [3.05, 3.63) is 34.2 Å². The number of aliphatic imine (C=N–C) groups is 1. The van der Waals surface area contributed by atoms with Gasteiger partial charge in [-0.2, -0.15) is 0 Å². The molecule has 1 atom stereocenters. The Bertz CT molecular complexity index is 707. The Balaban J connectivity index is 2.14. The summed E-state index contributed by atoms with van der Waals surface area (Å²) in [7, 11) is 0. The molecule has 2 heterocycles. The molecule has 1 unspecified atom stereocenters. The molecule has 19 heavy (non-hydrogen) atoms. The molecule has 1 aromatic carbocycles. The maximum atomic E-state index is 12.0. The van der Waals surface area contributed by atoms with Crippen molar-refractivity contribution in [2.24, 2.45) is 4.99 Å². The Morgan fingerprint density at radius 3 is 2.79 bits per heavy atom. The predicted molar refractivity (Wildman–Crippen MR) is 80.2 cm³/mol. The van der Waals surface area contributed by atoms with Crippen LogP contribution >= 0.6 is 22.9 Å². The molecule has 0 aliphatic carbocycles. The molecule has 0 spiro atoms. The predicted octanol–water partition coefficient (Wildman–Crippen LogP) is 3.60. The summed E-state index contributed by atoms with van der Waals surface area (Å²) in [5, 5.41) is 4.52. The Morgan fingerprint density at radius 2 is 2.16 bits per heavy atom. The third-order valence-electron chi connectivity index (χ3n) is 3.52. The fourth-order valence-electron chi connectivity index (χ4n) is 2.08. The van der Waals surface area contributed by atoms with E-state index in [9.17, 15) is 4.79 Å². The summed E-state index contributed by atoms with van der Waals surface area (Å²) in [4.78, 5) is 17.3. The van der Waals surface area contributed by atoms with E-state index in [2.05, 4.69) is 10.3 Å². The van der Waals surface area contributed by atoms with Gasteiger partial charge in [0.2, 0.25) is 0 Å². The Hall–Kier alpha value is -1.39.